The lowest BCUT2D eigenvalue weighted by Crippen LogP contribution is -2.34. The first-order valence-corrected chi connectivity index (χ1v) is 9.62. The summed E-state index contributed by atoms with van der Waals surface area (Å²) in [5.74, 6) is 3.37. The van der Waals surface area contributed by atoms with Crippen molar-refractivity contribution in [1.29, 1.82) is 0 Å². The fourth-order valence-corrected chi connectivity index (χ4v) is 3.75. The number of H-pyrrole nitrogens is 1. The molecule has 5 heteroatoms. The summed E-state index contributed by atoms with van der Waals surface area (Å²) in [6.45, 7) is 3.08. The molecule has 27 heavy (non-hydrogen) atoms. The Bertz CT molecular complexity index is 836. The van der Waals surface area contributed by atoms with Crippen molar-refractivity contribution in [3.63, 3.8) is 0 Å². The van der Waals surface area contributed by atoms with Crippen LogP contribution in [0.25, 0.3) is 11.4 Å². The average Bonchev–Trinajstić information content (AvgIpc) is 3.19. The molecular formula is C22H26N4O. The second-order valence-corrected chi connectivity index (χ2v) is 7.26. The first-order chi connectivity index (χ1) is 13.3. The third kappa shape index (κ3) is 4.55. The molecule has 0 atom stereocenters. The Morgan fingerprint density at radius 2 is 1.74 bits per heavy atom. The van der Waals surface area contributed by atoms with E-state index in [1.807, 2.05) is 24.3 Å². The smallest absolute Gasteiger partial charge is 0.161 e. The number of piperidine rings is 1. The topological polar surface area (TPSA) is 54.0 Å². The second-order valence-electron chi connectivity index (χ2n) is 7.26. The van der Waals surface area contributed by atoms with Gasteiger partial charge in [0.1, 0.15) is 11.6 Å². The van der Waals surface area contributed by atoms with Crippen LogP contribution in [0.1, 0.15) is 24.2 Å². The summed E-state index contributed by atoms with van der Waals surface area (Å²) in [5.41, 5.74) is 2.48. The summed E-state index contributed by atoms with van der Waals surface area (Å²) in [6.07, 6.45) is 3.68. The predicted octanol–water partition coefficient (Wildman–Crippen LogP) is 3.94. The minimum atomic E-state index is 0.785. The molecule has 4 rings (SSSR count). The van der Waals surface area contributed by atoms with E-state index < -0.39 is 0 Å². The van der Waals surface area contributed by atoms with Crippen LogP contribution in [0.3, 0.4) is 0 Å². The molecule has 2 aromatic carbocycles. The molecule has 1 fully saturated rings. The van der Waals surface area contributed by atoms with E-state index in [0.29, 0.717) is 0 Å². The zero-order chi connectivity index (χ0) is 18.5. The predicted molar refractivity (Wildman–Crippen MR) is 107 cm³/mol. The van der Waals surface area contributed by atoms with Crippen LogP contribution in [0.4, 0.5) is 0 Å². The van der Waals surface area contributed by atoms with Crippen LogP contribution < -0.4 is 4.74 Å². The van der Waals surface area contributed by atoms with Crippen LogP contribution in [-0.2, 0) is 13.0 Å². The number of likely N-dealkylation sites (tertiary alicyclic amines) is 1. The number of rotatable bonds is 6. The minimum absolute atomic E-state index is 0.785. The van der Waals surface area contributed by atoms with Gasteiger partial charge in [-0.15, -0.1) is 10.2 Å². The summed E-state index contributed by atoms with van der Waals surface area (Å²) in [7, 11) is 1.67. The van der Waals surface area contributed by atoms with Gasteiger partial charge in [-0.25, -0.2) is 0 Å². The number of nitrogens with zero attached hydrogens (tertiary/aromatic N) is 3. The molecule has 0 saturated carbocycles. The molecule has 0 spiro atoms. The molecule has 0 aliphatic carbocycles. The van der Waals surface area contributed by atoms with Crippen molar-refractivity contribution in [2.24, 2.45) is 5.92 Å². The lowest BCUT2D eigenvalue weighted by molar-refractivity contribution is 0.173. The fraction of sp³-hybridized carbons (Fsp3) is 0.364. The third-order valence-electron chi connectivity index (χ3n) is 5.34. The van der Waals surface area contributed by atoms with E-state index in [9.17, 15) is 0 Å². The molecular weight excluding hydrogens is 336 g/mol. The number of aromatic nitrogens is 3. The van der Waals surface area contributed by atoms with Gasteiger partial charge in [-0.2, -0.15) is 0 Å². The van der Waals surface area contributed by atoms with Gasteiger partial charge in [0.15, 0.2) is 5.82 Å². The highest BCUT2D eigenvalue weighted by Crippen LogP contribution is 2.23. The van der Waals surface area contributed by atoms with E-state index in [4.69, 9.17) is 4.74 Å². The molecule has 0 radical (unpaired) electrons. The monoisotopic (exact) mass is 362 g/mol. The van der Waals surface area contributed by atoms with E-state index in [1.165, 1.54) is 24.8 Å². The lowest BCUT2D eigenvalue weighted by Gasteiger charge is -2.31. The van der Waals surface area contributed by atoms with Gasteiger partial charge in [0, 0.05) is 5.56 Å². The first-order valence-electron chi connectivity index (χ1n) is 9.62. The minimum Gasteiger partial charge on any atom is -0.497 e. The average molecular weight is 362 g/mol. The molecule has 3 aromatic rings. The summed E-state index contributed by atoms with van der Waals surface area (Å²) in [5, 5.41) is 8.64. The highest BCUT2D eigenvalue weighted by atomic mass is 16.5. The number of hydrogen-bond donors (Lipinski definition) is 1. The van der Waals surface area contributed by atoms with E-state index in [0.717, 1.165) is 48.5 Å². The summed E-state index contributed by atoms with van der Waals surface area (Å²) >= 11 is 0. The van der Waals surface area contributed by atoms with Crippen molar-refractivity contribution in [3.8, 4) is 17.1 Å². The molecule has 1 aromatic heterocycles. The summed E-state index contributed by atoms with van der Waals surface area (Å²) < 4.78 is 5.20. The van der Waals surface area contributed by atoms with Crippen molar-refractivity contribution in [2.75, 3.05) is 20.2 Å². The van der Waals surface area contributed by atoms with Gasteiger partial charge in [0.25, 0.3) is 0 Å². The van der Waals surface area contributed by atoms with E-state index >= 15 is 0 Å². The van der Waals surface area contributed by atoms with Gasteiger partial charge >= 0.3 is 0 Å². The van der Waals surface area contributed by atoms with Crippen LogP contribution in [0.15, 0.2) is 54.6 Å². The highest BCUT2D eigenvalue weighted by molar-refractivity contribution is 5.55. The lowest BCUT2D eigenvalue weighted by atomic mass is 9.90. The molecule has 1 aliphatic rings. The standard InChI is InChI=1S/C22H26N4O/c1-27-20-9-7-19(8-10-20)22-23-21(24-25-22)16-26-13-11-18(12-14-26)15-17-5-3-2-4-6-17/h2-10,18H,11-16H2,1H3,(H,23,24,25). The Balaban J connectivity index is 1.30. The summed E-state index contributed by atoms with van der Waals surface area (Å²) in [4.78, 5) is 5.83. The Hall–Kier alpha value is -2.66. The van der Waals surface area contributed by atoms with Gasteiger partial charge < -0.3 is 9.72 Å². The normalized spacial score (nSPS) is 15.7. The van der Waals surface area contributed by atoms with Gasteiger partial charge in [-0.05, 0) is 68.1 Å². The van der Waals surface area contributed by atoms with Crippen LogP contribution >= 0.6 is 0 Å². The van der Waals surface area contributed by atoms with Crippen molar-refractivity contribution in [3.05, 3.63) is 66.0 Å². The first kappa shape index (κ1) is 17.7. The number of aromatic amines is 1. The third-order valence-corrected chi connectivity index (χ3v) is 5.34. The van der Waals surface area contributed by atoms with Crippen molar-refractivity contribution < 1.29 is 4.74 Å². The van der Waals surface area contributed by atoms with Gasteiger partial charge in [-0.1, -0.05) is 30.3 Å². The zero-order valence-corrected chi connectivity index (χ0v) is 15.8. The Labute approximate surface area is 160 Å². The number of methoxy groups -OCH3 is 1. The maximum absolute atomic E-state index is 5.20. The van der Waals surface area contributed by atoms with Crippen LogP contribution in [0.5, 0.6) is 5.75 Å². The number of ether oxygens (including phenoxy) is 1. The number of benzene rings is 2. The summed E-state index contributed by atoms with van der Waals surface area (Å²) in [6, 6.07) is 18.7. The van der Waals surface area contributed by atoms with Gasteiger partial charge in [-0.3, -0.25) is 4.90 Å². The van der Waals surface area contributed by atoms with Crippen molar-refractivity contribution in [2.45, 2.75) is 25.8 Å². The van der Waals surface area contributed by atoms with E-state index in [-0.39, 0.29) is 0 Å². The molecule has 1 aliphatic heterocycles. The molecule has 0 unspecified atom stereocenters. The van der Waals surface area contributed by atoms with Gasteiger partial charge in [0.05, 0.1) is 13.7 Å². The van der Waals surface area contributed by atoms with Crippen LogP contribution in [0, 0.1) is 5.92 Å². The Morgan fingerprint density at radius 1 is 1.00 bits per heavy atom. The molecule has 2 heterocycles. The van der Waals surface area contributed by atoms with Gasteiger partial charge in [0.2, 0.25) is 0 Å². The second kappa shape index (κ2) is 8.35. The Morgan fingerprint density at radius 3 is 2.44 bits per heavy atom. The quantitative estimate of drug-likeness (QED) is 0.722. The molecule has 1 N–H and O–H groups in total. The fourth-order valence-electron chi connectivity index (χ4n) is 3.75. The van der Waals surface area contributed by atoms with Crippen LogP contribution in [-0.4, -0.2) is 40.3 Å². The molecule has 0 bridgehead atoms. The molecule has 0 amide bonds. The number of nitrogens with one attached hydrogen (secondary N) is 1. The van der Waals surface area contributed by atoms with Crippen molar-refractivity contribution in [1.82, 2.24) is 20.1 Å². The molecule has 140 valence electrons. The van der Waals surface area contributed by atoms with Crippen molar-refractivity contribution >= 4 is 0 Å². The molecule has 5 nitrogen and oxygen atoms in total. The van der Waals surface area contributed by atoms with E-state index in [2.05, 4.69) is 50.4 Å². The van der Waals surface area contributed by atoms with E-state index in [1.54, 1.807) is 7.11 Å². The highest BCUT2D eigenvalue weighted by Gasteiger charge is 2.20. The van der Waals surface area contributed by atoms with Crippen LogP contribution in [0.2, 0.25) is 0 Å². The molecule has 1 saturated heterocycles. The number of hydrogen-bond acceptors (Lipinski definition) is 4. The largest absolute Gasteiger partial charge is 0.497 e. The Kier molecular flexibility index (Phi) is 5.49. The SMILES string of the molecule is COc1ccc(-c2nnc(CN3CCC(Cc4ccccc4)CC3)[nH]2)cc1. The maximum atomic E-state index is 5.20. The maximum Gasteiger partial charge on any atom is 0.161 e. The zero-order valence-electron chi connectivity index (χ0n) is 15.8.